The van der Waals surface area contributed by atoms with Crippen molar-refractivity contribution in [2.45, 2.75) is 26.3 Å². The molecule has 0 bridgehead atoms. The van der Waals surface area contributed by atoms with Crippen molar-refractivity contribution < 1.29 is 4.74 Å². The summed E-state index contributed by atoms with van der Waals surface area (Å²) in [4.78, 5) is 7.02. The fourth-order valence-electron chi connectivity index (χ4n) is 2.06. The topological polar surface area (TPSA) is 37.4 Å². The van der Waals surface area contributed by atoms with E-state index in [0.717, 1.165) is 45.8 Å². The summed E-state index contributed by atoms with van der Waals surface area (Å²) in [5.74, 6) is 0. The van der Waals surface area contributed by atoms with E-state index in [2.05, 4.69) is 27.5 Å². The van der Waals surface area contributed by atoms with Crippen LogP contribution in [0, 0.1) is 0 Å². The first kappa shape index (κ1) is 13.9. The van der Waals surface area contributed by atoms with E-state index in [4.69, 9.17) is 4.74 Å². The number of hydrogen-bond acceptors (Lipinski definition) is 5. The Labute approximate surface area is 113 Å². The molecule has 0 unspecified atom stereocenters. The molecule has 0 spiro atoms. The number of nitrogens with zero attached hydrogens (tertiary/aromatic N) is 2. The molecule has 1 aliphatic rings. The molecule has 1 aromatic heterocycles. The van der Waals surface area contributed by atoms with Crippen molar-refractivity contribution in [2.24, 2.45) is 0 Å². The van der Waals surface area contributed by atoms with Crippen LogP contribution in [0.25, 0.3) is 0 Å². The molecule has 18 heavy (non-hydrogen) atoms. The van der Waals surface area contributed by atoms with Gasteiger partial charge in [-0.1, -0.05) is 6.92 Å². The average molecular weight is 269 g/mol. The lowest BCUT2D eigenvalue weighted by atomic mass is 10.3. The average Bonchev–Trinajstić information content (AvgIpc) is 2.87. The molecule has 4 nitrogen and oxygen atoms in total. The van der Waals surface area contributed by atoms with E-state index in [0.29, 0.717) is 0 Å². The van der Waals surface area contributed by atoms with E-state index in [1.54, 1.807) is 11.3 Å². The molecule has 102 valence electrons. The van der Waals surface area contributed by atoms with Gasteiger partial charge in [0.2, 0.25) is 0 Å². The molecule has 2 heterocycles. The Morgan fingerprint density at radius 2 is 2.28 bits per heavy atom. The third-order valence-corrected chi connectivity index (χ3v) is 4.18. The molecular weight excluding hydrogens is 246 g/mol. The first-order valence-electron chi connectivity index (χ1n) is 6.82. The minimum atomic E-state index is 0.895. The molecule has 0 radical (unpaired) electrons. The Morgan fingerprint density at radius 1 is 1.44 bits per heavy atom. The van der Waals surface area contributed by atoms with Crippen LogP contribution < -0.4 is 5.32 Å². The predicted octanol–water partition coefficient (Wildman–Crippen LogP) is 1.52. The van der Waals surface area contributed by atoms with Crippen molar-refractivity contribution in [1.82, 2.24) is 15.2 Å². The Morgan fingerprint density at radius 3 is 3.00 bits per heavy atom. The molecule has 5 heteroatoms. The van der Waals surface area contributed by atoms with Gasteiger partial charge in [0.1, 0.15) is 0 Å². The Hall–Kier alpha value is -0.490. The summed E-state index contributed by atoms with van der Waals surface area (Å²) in [6.07, 6.45) is 2.24. The largest absolute Gasteiger partial charge is 0.379 e. The molecular formula is C13H23N3OS. The van der Waals surface area contributed by atoms with Crippen LogP contribution in [0.2, 0.25) is 0 Å². The first-order chi connectivity index (χ1) is 8.88. The zero-order chi connectivity index (χ0) is 12.6. The van der Waals surface area contributed by atoms with Gasteiger partial charge in [-0.25, -0.2) is 4.98 Å². The minimum Gasteiger partial charge on any atom is -0.379 e. The second-order valence-corrected chi connectivity index (χ2v) is 5.51. The number of ether oxygens (including phenoxy) is 1. The van der Waals surface area contributed by atoms with Gasteiger partial charge in [0.15, 0.2) is 0 Å². The summed E-state index contributed by atoms with van der Waals surface area (Å²) in [6, 6.07) is 0. The summed E-state index contributed by atoms with van der Waals surface area (Å²) in [7, 11) is 0. The molecule has 0 aliphatic carbocycles. The lowest BCUT2D eigenvalue weighted by Crippen LogP contribution is -2.37. The molecule has 1 saturated heterocycles. The summed E-state index contributed by atoms with van der Waals surface area (Å²) < 4.78 is 5.33. The van der Waals surface area contributed by atoms with Gasteiger partial charge in [-0.3, -0.25) is 4.90 Å². The molecule has 1 aromatic rings. The van der Waals surface area contributed by atoms with Crippen molar-refractivity contribution in [2.75, 3.05) is 39.4 Å². The third-order valence-electron chi connectivity index (χ3n) is 3.14. The van der Waals surface area contributed by atoms with Gasteiger partial charge in [0.05, 0.1) is 23.9 Å². The smallest absolute Gasteiger partial charge is 0.0926 e. The molecule has 0 amide bonds. The predicted molar refractivity (Wildman–Crippen MR) is 75.1 cm³/mol. The van der Waals surface area contributed by atoms with Gasteiger partial charge in [-0.2, -0.15) is 0 Å². The van der Waals surface area contributed by atoms with Crippen LogP contribution in [0.5, 0.6) is 0 Å². The minimum absolute atomic E-state index is 0.895. The standard InChI is InChI=1S/C13H23N3OS/c1-2-13-15-12(11-18-13)10-14-4-3-5-16-6-8-17-9-7-16/h11,14H,2-10H2,1H3. The van der Waals surface area contributed by atoms with E-state index in [1.807, 2.05) is 0 Å². The SMILES string of the molecule is CCc1nc(CNCCCN2CCOCC2)cs1. The Bertz CT molecular complexity index is 337. The number of aromatic nitrogens is 1. The van der Waals surface area contributed by atoms with Crippen LogP contribution in [0.15, 0.2) is 5.38 Å². The Kier molecular flexibility index (Phi) is 6.07. The third kappa shape index (κ3) is 4.65. The fraction of sp³-hybridized carbons (Fsp3) is 0.769. The maximum absolute atomic E-state index is 5.33. The van der Waals surface area contributed by atoms with E-state index < -0.39 is 0 Å². The summed E-state index contributed by atoms with van der Waals surface area (Å²) in [5.41, 5.74) is 1.18. The van der Waals surface area contributed by atoms with E-state index in [1.165, 1.54) is 23.7 Å². The van der Waals surface area contributed by atoms with Gasteiger partial charge < -0.3 is 10.1 Å². The monoisotopic (exact) mass is 269 g/mol. The normalized spacial score (nSPS) is 17.2. The van der Waals surface area contributed by atoms with Crippen LogP contribution in [0.4, 0.5) is 0 Å². The highest BCUT2D eigenvalue weighted by Crippen LogP contribution is 2.09. The maximum atomic E-state index is 5.33. The number of nitrogens with one attached hydrogen (secondary N) is 1. The van der Waals surface area contributed by atoms with Gasteiger partial charge in [0.25, 0.3) is 0 Å². The first-order valence-corrected chi connectivity index (χ1v) is 7.70. The number of rotatable bonds is 7. The van der Waals surface area contributed by atoms with Crippen molar-refractivity contribution >= 4 is 11.3 Å². The van der Waals surface area contributed by atoms with Gasteiger partial charge in [0, 0.05) is 25.0 Å². The zero-order valence-corrected chi connectivity index (χ0v) is 12.0. The van der Waals surface area contributed by atoms with Crippen LogP contribution >= 0.6 is 11.3 Å². The van der Waals surface area contributed by atoms with Gasteiger partial charge >= 0.3 is 0 Å². The molecule has 0 atom stereocenters. The van der Waals surface area contributed by atoms with Gasteiger partial charge in [-0.15, -0.1) is 11.3 Å². The fourth-order valence-corrected chi connectivity index (χ4v) is 2.81. The molecule has 1 fully saturated rings. The van der Waals surface area contributed by atoms with Crippen molar-refractivity contribution in [3.05, 3.63) is 16.1 Å². The summed E-state index contributed by atoms with van der Waals surface area (Å²) >= 11 is 1.76. The van der Waals surface area contributed by atoms with Gasteiger partial charge in [-0.05, 0) is 25.9 Å². The number of thiazole rings is 1. The summed E-state index contributed by atoms with van der Waals surface area (Å²) in [5, 5.41) is 6.86. The maximum Gasteiger partial charge on any atom is 0.0926 e. The number of morpholine rings is 1. The molecule has 1 aliphatic heterocycles. The highest BCUT2D eigenvalue weighted by atomic mass is 32.1. The Balaban J connectivity index is 1.52. The van der Waals surface area contributed by atoms with E-state index in [9.17, 15) is 0 Å². The molecule has 0 aromatic carbocycles. The van der Waals surface area contributed by atoms with E-state index >= 15 is 0 Å². The van der Waals surface area contributed by atoms with Crippen LogP contribution in [-0.4, -0.2) is 49.3 Å². The van der Waals surface area contributed by atoms with Crippen LogP contribution in [-0.2, 0) is 17.7 Å². The van der Waals surface area contributed by atoms with Crippen molar-refractivity contribution in [3.63, 3.8) is 0 Å². The second kappa shape index (κ2) is 7.84. The molecule has 1 N–H and O–H groups in total. The second-order valence-electron chi connectivity index (χ2n) is 4.57. The molecule has 2 rings (SSSR count). The quantitative estimate of drug-likeness (QED) is 0.762. The summed E-state index contributed by atoms with van der Waals surface area (Å²) in [6.45, 7) is 9.26. The van der Waals surface area contributed by atoms with E-state index in [-0.39, 0.29) is 0 Å². The molecule has 0 saturated carbocycles. The van der Waals surface area contributed by atoms with Crippen molar-refractivity contribution in [3.8, 4) is 0 Å². The number of aryl methyl sites for hydroxylation is 1. The highest BCUT2D eigenvalue weighted by Gasteiger charge is 2.08. The lowest BCUT2D eigenvalue weighted by Gasteiger charge is -2.26. The number of hydrogen-bond donors (Lipinski definition) is 1. The zero-order valence-electron chi connectivity index (χ0n) is 11.2. The van der Waals surface area contributed by atoms with Crippen LogP contribution in [0.3, 0.4) is 0 Å². The highest BCUT2D eigenvalue weighted by molar-refractivity contribution is 7.09. The van der Waals surface area contributed by atoms with Crippen LogP contribution in [0.1, 0.15) is 24.0 Å². The lowest BCUT2D eigenvalue weighted by molar-refractivity contribution is 0.0374. The van der Waals surface area contributed by atoms with Crippen molar-refractivity contribution in [1.29, 1.82) is 0 Å².